The third-order valence-corrected chi connectivity index (χ3v) is 7.07. The fraction of sp³-hybridized carbons (Fsp3) is 0.379. The van der Waals surface area contributed by atoms with Crippen molar-refractivity contribution >= 4 is 23.4 Å². The lowest BCUT2D eigenvalue weighted by Crippen LogP contribution is -2.55. The molecule has 10 heteroatoms. The molecule has 39 heavy (non-hydrogen) atoms. The maximum absolute atomic E-state index is 13.5. The Balaban J connectivity index is 1.83. The standard InChI is InChI=1S/C29H33ClN2O7/c1-16(2)10-24(35)32(14-17-4-6-19(30)7-5-17)22-13-21(29(37)31-8-9-33)25-20-11-18(15-34)12-23(38-3)27(20)39-28(25)26(22)36/h4-7,10-13,22,25-26,28,33-34,36H,8-9,14-15H2,1-3H3,(H,31,37)/t22-,25+,26+,28+/m1/s1. The van der Waals surface area contributed by atoms with Gasteiger partial charge < -0.3 is 35.0 Å². The third-order valence-electron chi connectivity index (χ3n) is 6.82. The summed E-state index contributed by atoms with van der Waals surface area (Å²) in [6, 6.07) is 9.48. The molecule has 0 unspecified atom stereocenters. The first-order valence-corrected chi connectivity index (χ1v) is 13.0. The first-order chi connectivity index (χ1) is 18.7. The number of carbonyl (C=O) groups excluding carboxylic acids is 2. The SMILES string of the molecule is COc1cc(CO)cc2c1O[C@@H]1[C@@H](O)[C@H](N(Cc3ccc(Cl)cc3)C(=O)C=C(C)C)C=C(C(=O)NCCO)[C@H]21. The van der Waals surface area contributed by atoms with Crippen LogP contribution in [0.25, 0.3) is 0 Å². The quantitative estimate of drug-likeness (QED) is 0.349. The van der Waals surface area contributed by atoms with Gasteiger partial charge in [0, 0.05) is 35.3 Å². The van der Waals surface area contributed by atoms with E-state index in [-0.39, 0.29) is 37.8 Å². The number of ether oxygens (including phenoxy) is 2. The molecule has 0 radical (unpaired) electrons. The van der Waals surface area contributed by atoms with E-state index in [1.165, 1.54) is 18.1 Å². The van der Waals surface area contributed by atoms with Gasteiger partial charge in [0.2, 0.25) is 11.8 Å². The largest absolute Gasteiger partial charge is 0.493 e. The molecule has 0 bridgehead atoms. The number of methoxy groups -OCH3 is 1. The number of benzene rings is 2. The van der Waals surface area contributed by atoms with Gasteiger partial charge in [-0.2, -0.15) is 0 Å². The van der Waals surface area contributed by atoms with Crippen LogP contribution in [-0.2, 0) is 22.7 Å². The molecule has 2 aliphatic rings. The first kappa shape index (κ1) is 28.6. The van der Waals surface area contributed by atoms with E-state index in [0.29, 0.717) is 27.6 Å². The number of hydrogen-bond donors (Lipinski definition) is 4. The fourth-order valence-electron chi connectivity index (χ4n) is 5.07. The number of carbonyl (C=O) groups is 2. The van der Waals surface area contributed by atoms with Crippen molar-refractivity contribution < 1.29 is 34.4 Å². The number of fused-ring (bicyclic) bond motifs is 3. The molecule has 0 fully saturated rings. The number of aliphatic hydroxyl groups is 3. The van der Waals surface area contributed by atoms with E-state index in [1.807, 2.05) is 0 Å². The van der Waals surface area contributed by atoms with Crippen molar-refractivity contribution in [3.05, 3.63) is 81.4 Å². The van der Waals surface area contributed by atoms with Crippen LogP contribution in [-0.4, -0.2) is 70.5 Å². The molecule has 1 heterocycles. The molecule has 4 rings (SSSR count). The molecule has 2 aromatic rings. The maximum Gasteiger partial charge on any atom is 0.247 e. The van der Waals surface area contributed by atoms with E-state index >= 15 is 0 Å². The van der Waals surface area contributed by atoms with E-state index in [4.69, 9.17) is 21.1 Å². The zero-order valence-corrected chi connectivity index (χ0v) is 22.8. The van der Waals surface area contributed by atoms with E-state index < -0.39 is 30.1 Å². The van der Waals surface area contributed by atoms with E-state index in [1.54, 1.807) is 56.3 Å². The van der Waals surface area contributed by atoms with Crippen molar-refractivity contribution in [2.75, 3.05) is 20.3 Å². The Kier molecular flexibility index (Phi) is 8.97. The fourth-order valence-corrected chi connectivity index (χ4v) is 5.19. The van der Waals surface area contributed by atoms with Gasteiger partial charge in [0.05, 0.1) is 32.3 Å². The summed E-state index contributed by atoms with van der Waals surface area (Å²) >= 11 is 6.05. The molecule has 4 atom stereocenters. The maximum atomic E-state index is 13.5. The highest BCUT2D eigenvalue weighted by molar-refractivity contribution is 6.30. The minimum atomic E-state index is -1.21. The molecule has 1 aliphatic carbocycles. The van der Waals surface area contributed by atoms with Crippen molar-refractivity contribution in [3.63, 3.8) is 0 Å². The molecule has 4 N–H and O–H groups in total. The van der Waals surface area contributed by atoms with Crippen LogP contribution in [0.15, 0.2) is 59.7 Å². The number of rotatable bonds is 9. The average Bonchev–Trinajstić information content (AvgIpc) is 3.31. The van der Waals surface area contributed by atoms with Crippen molar-refractivity contribution in [1.29, 1.82) is 0 Å². The van der Waals surface area contributed by atoms with E-state index in [9.17, 15) is 24.9 Å². The predicted octanol–water partition coefficient (Wildman–Crippen LogP) is 2.46. The number of amides is 2. The summed E-state index contributed by atoms with van der Waals surface area (Å²) in [5, 5.41) is 34.0. The Morgan fingerprint density at radius 2 is 1.87 bits per heavy atom. The molecule has 0 spiro atoms. The normalized spacial score (nSPS) is 21.2. The van der Waals surface area contributed by atoms with Crippen molar-refractivity contribution in [3.8, 4) is 11.5 Å². The van der Waals surface area contributed by atoms with Gasteiger partial charge in [-0.3, -0.25) is 9.59 Å². The zero-order chi connectivity index (χ0) is 28.3. The molecule has 2 aromatic carbocycles. The summed E-state index contributed by atoms with van der Waals surface area (Å²) in [5.74, 6) is -0.758. The topological polar surface area (TPSA) is 129 Å². The van der Waals surface area contributed by atoms with Crippen molar-refractivity contribution in [1.82, 2.24) is 10.2 Å². The van der Waals surface area contributed by atoms with Gasteiger partial charge in [0.25, 0.3) is 0 Å². The minimum Gasteiger partial charge on any atom is -0.493 e. The number of hydrogen-bond acceptors (Lipinski definition) is 7. The molecule has 1 aliphatic heterocycles. The van der Waals surface area contributed by atoms with Crippen molar-refractivity contribution in [2.24, 2.45) is 0 Å². The van der Waals surface area contributed by atoms with E-state index in [0.717, 1.165) is 11.1 Å². The van der Waals surface area contributed by atoms with Gasteiger partial charge in [0.1, 0.15) is 12.2 Å². The lowest BCUT2D eigenvalue weighted by molar-refractivity contribution is -0.133. The van der Waals surface area contributed by atoms with Gasteiger partial charge >= 0.3 is 0 Å². The third kappa shape index (κ3) is 5.96. The molecular weight excluding hydrogens is 524 g/mol. The average molecular weight is 557 g/mol. The smallest absolute Gasteiger partial charge is 0.247 e. The Morgan fingerprint density at radius 3 is 2.49 bits per heavy atom. The molecule has 9 nitrogen and oxygen atoms in total. The minimum absolute atomic E-state index is 0.0275. The Hall–Kier alpha value is -3.37. The second-order valence-corrected chi connectivity index (χ2v) is 10.3. The summed E-state index contributed by atoms with van der Waals surface area (Å²) in [4.78, 5) is 28.4. The second-order valence-electron chi connectivity index (χ2n) is 9.83. The molecule has 2 amide bonds. The van der Waals surface area contributed by atoms with Crippen LogP contribution in [0.2, 0.25) is 5.02 Å². The Bertz CT molecular complexity index is 1290. The second kappa shape index (κ2) is 12.2. The highest BCUT2D eigenvalue weighted by Crippen LogP contribution is 2.51. The lowest BCUT2D eigenvalue weighted by atomic mass is 9.77. The molecule has 0 saturated heterocycles. The summed E-state index contributed by atoms with van der Waals surface area (Å²) in [6.45, 7) is 3.27. The predicted molar refractivity (Wildman–Crippen MR) is 145 cm³/mol. The van der Waals surface area contributed by atoms with Crippen LogP contribution < -0.4 is 14.8 Å². The van der Waals surface area contributed by atoms with Gasteiger partial charge in [-0.05, 0) is 55.3 Å². The summed E-state index contributed by atoms with van der Waals surface area (Å²) in [6.07, 6.45) is 0.956. The Morgan fingerprint density at radius 1 is 1.15 bits per heavy atom. The zero-order valence-electron chi connectivity index (χ0n) is 22.1. The van der Waals surface area contributed by atoms with Crippen LogP contribution in [0.4, 0.5) is 0 Å². The van der Waals surface area contributed by atoms with Crippen LogP contribution >= 0.6 is 11.6 Å². The van der Waals surface area contributed by atoms with Crippen molar-refractivity contribution in [2.45, 2.75) is 51.2 Å². The monoisotopic (exact) mass is 556 g/mol. The molecular formula is C29H33ClN2O7. The number of nitrogens with one attached hydrogen (secondary N) is 1. The molecule has 0 saturated carbocycles. The van der Waals surface area contributed by atoms with Crippen LogP contribution in [0.5, 0.6) is 11.5 Å². The number of allylic oxidation sites excluding steroid dienone is 1. The highest BCUT2D eigenvalue weighted by atomic mass is 35.5. The van der Waals surface area contributed by atoms with Gasteiger partial charge in [0.15, 0.2) is 11.5 Å². The lowest BCUT2D eigenvalue weighted by Gasteiger charge is -2.40. The number of nitrogens with zero attached hydrogens (tertiary/aromatic N) is 1. The highest BCUT2D eigenvalue weighted by Gasteiger charge is 2.51. The molecule has 208 valence electrons. The van der Waals surface area contributed by atoms with Gasteiger partial charge in [-0.15, -0.1) is 0 Å². The summed E-state index contributed by atoms with van der Waals surface area (Å²) in [5.41, 5.74) is 3.00. The number of aliphatic hydroxyl groups excluding tert-OH is 3. The molecule has 0 aromatic heterocycles. The van der Waals surface area contributed by atoms with E-state index in [2.05, 4.69) is 5.32 Å². The van der Waals surface area contributed by atoms with Gasteiger partial charge in [-0.25, -0.2) is 0 Å². The Labute approximate surface area is 232 Å². The van der Waals surface area contributed by atoms with Crippen LogP contribution in [0.1, 0.15) is 36.5 Å². The van der Waals surface area contributed by atoms with Gasteiger partial charge in [-0.1, -0.05) is 29.3 Å². The first-order valence-electron chi connectivity index (χ1n) is 12.7. The van der Waals surface area contributed by atoms with Crippen LogP contribution in [0.3, 0.4) is 0 Å². The summed E-state index contributed by atoms with van der Waals surface area (Å²) in [7, 11) is 1.47. The van der Waals surface area contributed by atoms with Crippen LogP contribution in [0, 0.1) is 0 Å². The summed E-state index contributed by atoms with van der Waals surface area (Å²) < 4.78 is 11.7. The number of halogens is 1.